The van der Waals surface area contributed by atoms with Crippen LogP contribution in [0.2, 0.25) is 0 Å². The van der Waals surface area contributed by atoms with Crippen LogP contribution in [0.4, 0.5) is 0 Å². The number of allylic oxidation sites excluding steroid dienone is 2. The number of rotatable bonds is 2. The van der Waals surface area contributed by atoms with Crippen molar-refractivity contribution >= 4 is 5.97 Å². The molecule has 0 atom stereocenters. The second-order valence-corrected chi connectivity index (χ2v) is 2.64. The maximum absolute atomic E-state index is 11.4. The first-order chi connectivity index (χ1) is 6.74. The lowest BCUT2D eigenvalue weighted by atomic mass is 10.2. The highest BCUT2D eigenvalue weighted by Gasteiger charge is 2.06. The molecule has 0 fully saturated rings. The first-order valence-corrected chi connectivity index (χ1v) is 4.07. The molecular formula is C11H9NO2. The Balaban J connectivity index is 2.70. The van der Waals surface area contributed by atoms with Crippen molar-refractivity contribution in [3.63, 3.8) is 0 Å². The smallest absolute Gasteiger partial charge is 0.343 e. The average molecular weight is 187 g/mol. The molecule has 0 saturated carbocycles. The molecule has 0 saturated heterocycles. The number of hydrogen-bond donors (Lipinski definition) is 0. The van der Waals surface area contributed by atoms with Gasteiger partial charge in [0.05, 0.1) is 17.7 Å². The SMILES string of the molecule is C/C(=C/C#N)OC(=O)c1ccccc1. The van der Waals surface area contributed by atoms with Crippen LogP contribution in [0.5, 0.6) is 0 Å². The predicted molar refractivity (Wildman–Crippen MR) is 51.2 cm³/mol. The number of carbonyl (C=O) groups is 1. The van der Waals surface area contributed by atoms with Gasteiger partial charge in [-0.1, -0.05) is 18.2 Å². The van der Waals surface area contributed by atoms with Crippen LogP contribution in [-0.4, -0.2) is 5.97 Å². The normalized spacial score (nSPS) is 10.4. The molecule has 1 rings (SSSR count). The van der Waals surface area contributed by atoms with E-state index >= 15 is 0 Å². The van der Waals surface area contributed by atoms with Crippen LogP contribution in [0.3, 0.4) is 0 Å². The number of carbonyl (C=O) groups excluding carboxylic acids is 1. The number of benzene rings is 1. The standard InChI is InChI=1S/C11H9NO2/c1-9(7-8-12)14-11(13)10-5-3-2-4-6-10/h2-7H,1H3/b9-7-. The lowest BCUT2D eigenvalue weighted by molar-refractivity contribution is 0.0626. The summed E-state index contributed by atoms with van der Waals surface area (Å²) in [5, 5.41) is 8.30. The summed E-state index contributed by atoms with van der Waals surface area (Å²) < 4.78 is 4.88. The maximum atomic E-state index is 11.4. The minimum atomic E-state index is -0.449. The Morgan fingerprint density at radius 1 is 1.43 bits per heavy atom. The van der Waals surface area contributed by atoms with Crippen molar-refractivity contribution < 1.29 is 9.53 Å². The maximum Gasteiger partial charge on any atom is 0.343 e. The molecule has 0 aliphatic rings. The third-order valence-corrected chi connectivity index (χ3v) is 1.53. The molecule has 0 heterocycles. The molecule has 0 N–H and O–H groups in total. The zero-order valence-corrected chi connectivity index (χ0v) is 7.73. The Bertz CT molecular complexity index is 387. The second kappa shape index (κ2) is 4.83. The van der Waals surface area contributed by atoms with E-state index in [0.29, 0.717) is 11.3 Å². The molecule has 0 aliphatic heterocycles. The summed E-state index contributed by atoms with van der Waals surface area (Å²) in [5.74, 6) is -0.157. The largest absolute Gasteiger partial charge is 0.427 e. The van der Waals surface area contributed by atoms with E-state index in [0.717, 1.165) is 0 Å². The van der Waals surface area contributed by atoms with E-state index in [4.69, 9.17) is 10.00 Å². The molecular weight excluding hydrogens is 178 g/mol. The summed E-state index contributed by atoms with van der Waals surface area (Å²) >= 11 is 0. The number of esters is 1. The van der Waals surface area contributed by atoms with Gasteiger partial charge in [0.1, 0.15) is 5.76 Å². The van der Waals surface area contributed by atoms with Gasteiger partial charge in [0.15, 0.2) is 0 Å². The van der Waals surface area contributed by atoms with Gasteiger partial charge in [-0.05, 0) is 19.1 Å². The Hall–Kier alpha value is -2.08. The van der Waals surface area contributed by atoms with Crippen molar-refractivity contribution in [2.24, 2.45) is 0 Å². The molecule has 0 spiro atoms. The third-order valence-electron chi connectivity index (χ3n) is 1.53. The first-order valence-electron chi connectivity index (χ1n) is 4.07. The van der Waals surface area contributed by atoms with Gasteiger partial charge >= 0.3 is 5.97 Å². The highest BCUT2D eigenvalue weighted by molar-refractivity contribution is 5.89. The average Bonchev–Trinajstić information content (AvgIpc) is 2.19. The van der Waals surface area contributed by atoms with Crippen molar-refractivity contribution in [3.05, 3.63) is 47.7 Å². The van der Waals surface area contributed by atoms with E-state index in [-0.39, 0.29) is 0 Å². The summed E-state index contributed by atoms with van der Waals surface area (Å²) in [5.41, 5.74) is 0.471. The van der Waals surface area contributed by atoms with Crippen molar-refractivity contribution in [2.75, 3.05) is 0 Å². The van der Waals surface area contributed by atoms with E-state index in [9.17, 15) is 4.79 Å². The molecule has 14 heavy (non-hydrogen) atoms. The Morgan fingerprint density at radius 3 is 2.64 bits per heavy atom. The summed E-state index contributed by atoms with van der Waals surface area (Å²) in [6, 6.07) is 10.4. The summed E-state index contributed by atoms with van der Waals surface area (Å²) in [7, 11) is 0. The molecule has 0 amide bonds. The van der Waals surface area contributed by atoms with E-state index in [1.54, 1.807) is 37.3 Å². The van der Waals surface area contributed by atoms with Crippen LogP contribution in [0, 0.1) is 11.3 Å². The predicted octanol–water partition coefficient (Wildman–Crippen LogP) is 2.27. The first kappa shape index (κ1) is 10.0. The highest BCUT2D eigenvalue weighted by Crippen LogP contribution is 2.04. The Kier molecular flexibility index (Phi) is 3.45. The van der Waals surface area contributed by atoms with Crippen molar-refractivity contribution in [1.29, 1.82) is 5.26 Å². The van der Waals surface area contributed by atoms with Crippen molar-refractivity contribution in [2.45, 2.75) is 6.92 Å². The topological polar surface area (TPSA) is 50.1 Å². The fraction of sp³-hybridized carbons (Fsp3) is 0.0909. The molecule has 1 aromatic rings. The summed E-state index contributed by atoms with van der Waals surface area (Å²) in [6.45, 7) is 1.56. The molecule has 3 nitrogen and oxygen atoms in total. The minimum absolute atomic E-state index is 0.293. The molecule has 3 heteroatoms. The van der Waals surface area contributed by atoms with E-state index in [2.05, 4.69) is 0 Å². The zero-order valence-electron chi connectivity index (χ0n) is 7.73. The molecule has 70 valence electrons. The fourth-order valence-electron chi connectivity index (χ4n) is 0.900. The van der Waals surface area contributed by atoms with Crippen molar-refractivity contribution in [1.82, 2.24) is 0 Å². The van der Waals surface area contributed by atoms with Crippen LogP contribution >= 0.6 is 0 Å². The van der Waals surface area contributed by atoms with Crippen molar-refractivity contribution in [3.8, 4) is 6.07 Å². The highest BCUT2D eigenvalue weighted by atomic mass is 16.5. The van der Waals surface area contributed by atoms with Crippen LogP contribution in [0.1, 0.15) is 17.3 Å². The molecule has 0 aromatic heterocycles. The molecule has 0 unspecified atom stereocenters. The Morgan fingerprint density at radius 2 is 2.07 bits per heavy atom. The lowest BCUT2D eigenvalue weighted by Gasteiger charge is -2.01. The number of ether oxygens (including phenoxy) is 1. The number of nitriles is 1. The van der Waals surface area contributed by atoms with Crippen LogP contribution in [0.15, 0.2) is 42.2 Å². The molecule has 0 bridgehead atoms. The number of hydrogen-bond acceptors (Lipinski definition) is 3. The van der Waals surface area contributed by atoms with Gasteiger partial charge in [-0.15, -0.1) is 0 Å². The quantitative estimate of drug-likeness (QED) is 0.405. The third kappa shape index (κ3) is 2.76. The van der Waals surface area contributed by atoms with E-state index in [1.807, 2.05) is 6.07 Å². The fourth-order valence-corrected chi connectivity index (χ4v) is 0.900. The summed E-state index contributed by atoms with van der Waals surface area (Å²) in [6.07, 6.45) is 1.18. The van der Waals surface area contributed by atoms with Crippen LogP contribution in [0.25, 0.3) is 0 Å². The molecule has 0 aliphatic carbocycles. The summed E-state index contributed by atoms with van der Waals surface area (Å²) in [4.78, 5) is 11.4. The molecule has 1 aromatic carbocycles. The van der Waals surface area contributed by atoms with Crippen LogP contribution in [-0.2, 0) is 4.74 Å². The van der Waals surface area contributed by atoms with Crippen LogP contribution < -0.4 is 0 Å². The van der Waals surface area contributed by atoms with E-state index in [1.165, 1.54) is 6.08 Å². The van der Waals surface area contributed by atoms with Gasteiger partial charge in [-0.2, -0.15) is 5.26 Å². The Labute approximate surface area is 82.2 Å². The minimum Gasteiger partial charge on any atom is -0.427 e. The van der Waals surface area contributed by atoms with E-state index < -0.39 is 5.97 Å². The monoisotopic (exact) mass is 187 g/mol. The van der Waals surface area contributed by atoms with Gasteiger partial charge in [0, 0.05) is 0 Å². The zero-order chi connectivity index (χ0) is 10.4. The van der Waals surface area contributed by atoms with Gasteiger partial charge < -0.3 is 4.74 Å². The van der Waals surface area contributed by atoms with Gasteiger partial charge in [-0.25, -0.2) is 4.79 Å². The number of nitrogens with zero attached hydrogens (tertiary/aromatic N) is 1. The van der Waals surface area contributed by atoms with Gasteiger partial charge in [-0.3, -0.25) is 0 Å². The van der Waals surface area contributed by atoms with Gasteiger partial charge in [0.25, 0.3) is 0 Å². The molecule has 0 radical (unpaired) electrons. The van der Waals surface area contributed by atoms with Gasteiger partial charge in [0.2, 0.25) is 0 Å². The second-order valence-electron chi connectivity index (χ2n) is 2.64. The lowest BCUT2D eigenvalue weighted by Crippen LogP contribution is -2.02.